The molecule has 0 radical (unpaired) electrons. The van der Waals surface area contributed by atoms with E-state index in [1.165, 1.54) is 0 Å². The van der Waals surface area contributed by atoms with Crippen LogP contribution in [0.5, 0.6) is 0 Å². The molecule has 0 saturated carbocycles. The summed E-state index contributed by atoms with van der Waals surface area (Å²) in [6, 6.07) is 0. The van der Waals surface area contributed by atoms with Gasteiger partial charge in [0.2, 0.25) is 0 Å². The minimum absolute atomic E-state index is 0.833. The fraction of sp³-hybridized carbons (Fsp3) is 0.167. The molecule has 0 spiro atoms. The lowest BCUT2D eigenvalue weighted by Crippen LogP contribution is -1.96. The zero-order chi connectivity index (χ0) is 9.98. The molecule has 0 rings (SSSR count). The van der Waals surface area contributed by atoms with E-state index in [2.05, 4.69) is 16.1 Å². The first-order valence-electron chi connectivity index (χ1n) is 2.61. The summed E-state index contributed by atoms with van der Waals surface area (Å²) in [5.74, 6) is -0.833. The van der Waals surface area contributed by atoms with E-state index in [0.717, 1.165) is 19.4 Å². The number of rotatable bonds is 1. The number of carboxylic acid groups (broad SMARTS) is 1. The van der Waals surface area contributed by atoms with Crippen molar-refractivity contribution in [3.63, 3.8) is 0 Å². The Balaban J connectivity index is 0. The largest absolute Gasteiger partial charge is 0.529 e. The highest BCUT2D eigenvalue weighted by molar-refractivity contribution is 5.63. The Morgan fingerprint density at radius 3 is 2.33 bits per heavy atom. The Labute approximate surface area is 68.6 Å². The van der Waals surface area contributed by atoms with Crippen LogP contribution < -0.4 is 0 Å². The van der Waals surface area contributed by atoms with E-state index in [0.29, 0.717) is 0 Å². The number of hydrogen-bond acceptors (Lipinski definition) is 5. The van der Waals surface area contributed by atoms with Crippen molar-refractivity contribution < 1.29 is 24.2 Å². The van der Waals surface area contributed by atoms with Gasteiger partial charge in [0.15, 0.2) is 0 Å². The molecule has 6 nitrogen and oxygen atoms in total. The lowest BCUT2D eigenvalue weighted by Gasteiger charge is -1.87. The van der Waals surface area contributed by atoms with Gasteiger partial charge in [-0.25, -0.2) is 4.79 Å². The van der Waals surface area contributed by atoms with Crippen LogP contribution in [0.2, 0.25) is 0 Å². The van der Waals surface area contributed by atoms with Crippen LogP contribution in [0.3, 0.4) is 0 Å². The first-order valence-corrected chi connectivity index (χ1v) is 2.61. The molecule has 0 aromatic heterocycles. The third kappa shape index (κ3) is 24.6. The van der Waals surface area contributed by atoms with Gasteiger partial charge >= 0.3 is 6.16 Å². The summed E-state index contributed by atoms with van der Waals surface area (Å²) in [6.45, 7) is 4.13. The minimum atomic E-state index is -1.07. The van der Waals surface area contributed by atoms with Gasteiger partial charge < -0.3 is 14.6 Å². The maximum absolute atomic E-state index is 9.90. The Morgan fingerprint density at radius 1 is 1.67 bits per heavy atom. The van der Waals surface area contributed by atoms with Crippen molar-refractivity contribution in [2.24, 2.45) is 0 Å². The van der Waals surface area contributed by atoms with Gasteiger partial charge in [-0.3, -0.25) is 4.79 Å². The Hall–Kier alpha value is -2.03. The van der Waals surface area contributed by atoms with Gasteiger partial charge in [-0.2, -0.15) is 0 Å². The molecule has 0 atom stereocenters. The highest BCUT2D eigenvalue weighted by atomic mass is 16.7. The molecule has 66 valence electrons. The number of hydrogen-bond donors (Lipinski definition) is 1. The van der Waals surface area contributed by atoms with Crippen LogP contribution in [0.25, 0.3) is 0 Å². The number of nitriles is 1. The van der Waals surface area contributed by atoms with Crippen LogP contribution in [0.15, 0.2) is 12.8 Å². The predicted octanol–water partition coefficient (Wildman–Crippen LogP) is 0.855. The van der Waals surface area contributed by atoms with Gasteiger partial charge in [0, 0.05) is 6.92 Å². The van der Waals surface area contributed by atoms with E-state index in [9.17, 15) is 4.79 Å². The lowest BCUT2D eigenvalue weighted by atomic mass is 10.9. The highest BCUT2D eigenvalue weighted by Gasteiger charge is 1.96. The fourth-order valence-electron chi connectivity index (χ4n) is 0.129. The molecule has 6 heteroatoms. The van der Waals surface area contributed by atoms with E-state index in [1.807, 2.05) is 0 Å². The number of carboxylic acids is 1. The van der Waals surface area contributed by atoms with Crippen molar-refractivity contribution in [3.8, 4) is 6.26 Å². The fourth-order valence-corrected chi connectivity index (χ4v) is 0.129. The minimum Gasteiger partial charge on any atom is -0.481 e. The highest BCUT2D eigenvalue weighted by Crippen LogP contribution is 1.80. The van der Waals surface area contributed by atoms with Crippen molar-refractivity contribution in [2.75, 3.05) is 0 Å². The molecule has 0 aromatic rings. The molecule has 0 aliphatic heterocycles. The summed E-state index contributed by atoms with van der Waals surface area (Å²) >= 11 is 0. The quantitative estimate of drug-likeness (QED) is 0.358. The van der Waals surface area contributed by atoms with Crippen LogP contribution in [0, 0.1) is 11.5 Å². The molecule has 0 amide bonds. The average Bonchev–Trinajstić information content (AvgIpc) is 1.87. The van der Waals surface area contributed by atoms with Crippen LogP contribution >= 0.6 is 0 Å². The van der Waals surface area contributed by atoms with Crippen LogP contribution in [0.1, 0.15) is 6.92 Å². The van der Waals surface area contributed by atoms with Crippen molar-refractivity contribution >= 4 is 12.1 Å². The zero-order valence-electron chi connectivity index (χ0n) is 6.31. The van der Waals surface area contributed by atoms with Gasteiger partial charge in [-0.15, -0.1) is 5.26 Å². The molecule has 12 heavy (non-hydrogen) atoms. The SMILES string of the molecule is C=COC(=O)OC#N.CC(=O)O. The Bertz CT molecular complexity index is 200. The van der Waals surface area contributed by atoms with Crippen molar-refractivity contribution in [1.29, 1.82) is 5.26 Å². The summed E-state index contributed by atoms with van der Waals surface area (Å²) < 4.78 is 7.62. The molecule has 0 saturated heterocycles. The topological polar surface area (TPSA) is 96.6 Å². The monoisotopic (exact) mass is 173 g/mol. The van der Waals surface area contributed by atoms with E-state index in [-0.39, 0.29) is 0 Å². The summed E-state index contributed by atoms with van der Waals surface area (Å²) in [5, 5.41) is 15.1. The van der Waals surface area contributed by atoms with Gasteiger partial charge in [0.05, 0.1) is 6.26 Å². The zero-order valence-corrected chi connectivity index (χ0v) is 6.31. The van der Waals surface area contributed by atoms with E-state index in [4.69, 9.17) is 15.2 Å². The Morgan fingerprint density at radius 2 is 2.08 bits per heavy atom. The molecule has 0 unspecified atom stereocenters. The van der Waals surface area contributed by atoms with Crippen LogP contribution in [0.4, 0.5) is 4.79 Å². The number of carbonyl (C=O) groups excluding carboxylic acids is 1. The summed E-state index contributed by atoms with van der Waals surface area (Å²) in [6.07, 6.45) is 0.938. The number of ether oxygens (including phenoxy) is 2. The van der Waals surface area contributed by atoms with Crippen LogP contribution in [-0.4, -0.2) is 17.2 Å². The predicted molar refractivity (Wildman–Crippen MR) is 36.7 cm³/mol. The van der Waals surface area contributed by atoms with Crippen molar-refractivity contribution in [3.05, 3.63) is 12.8 Å². The van der Waals surface area contributed by atoms with Crippen molar-refractivity contribution in [2.45, 2.75) is 6.92 Å². The average molecular weight is 173 g/mol. The summed E-state index contributed by atoms with van der Waals surface area (Å²) in [7, 11) is 0. The Kier molecular flexibility index (Phi) is 9.44. The maximum atomic E-state index is 9.90. The summed E-state index contributed by atoms with van der Waals surface area (Å²) in [4.78, 5) is 18.9. The first-order chi connectivity index (χ1) is 5.54. The molecule has 0 aromatic carbocycles. The molecule has 0 aliphatic carbocycles. The molecular formula is C6H7NO5. The van der Waals surface area contributed by atoms with Gasteiger partial charge in [-0.05, 0) is 0 Å². The lowest BCUT2D eigenvalue weighted by molar-refractivity contribution is -0.134. The van der Waals surface area contributed by atoms with E-state index >= 15 is 0 Å². The van der Waals surface area contributed by atoms with Gasteiger partial charge in [0.25, 0.3) is 12.2 Å². The third-order valence-corrected chi connectivity index (χ3v) is 0.309. The molecule has 0 fully saturated rings. The molecule has 0 aliphatic rings. The number of aliphatic carboxylic acids is 1. The number of carbonyl (C=O) groups is 2. The second-order valence-corrected chi connectivity index (χ2v) is 1.25. The van der Waals surface area contributed by atoms with E-state index in [1.54, 1.807) is 0 Å². The molecule has 1 N–H and O–H groups in total. The van der Waals surface area contributed by atoms with Crippen molar-refractivity contribution in [1.82, 2.24) is 0 Å². The van der Waals surface area contributed by atoms with Gasteiger partial charge in [-0.1, -0.05) is 6.58 Å². The normalized spacial score (nSPS) is 6.33. The standard InChI is InChI=1S/C4H3NO3.C2H4O2/c1-2-7-4(6)8-3-5;1-2(3)4/h2H,1H2;1H3,(H,3,4). The molecular weight excluding hydrogens is 166 g/mol. The molecule has 0 heterocycles. The maximum Gasteiger partial charge on any atom is 0.529 e. The summed E-state index contributed by atoms with van der Waals surface area (Å²) in [5.41, 5.74) is 0. The van der Waals surface area contributed by atoms with E-state index < -0.39 is 12.1 Å². The smallest absolute Gasteiger partial charge is 0.481 e. The molecule has 0 bridgehead atoms. The third-order valence-electron chi connectivity index (χ3n) is 0.309. The first kappa shape index (κ1) is 12.6. The number of nitrogens with zero attached hydrogens (tertiary/aromatic N) is 1. The van der Waals surface area contributed by atoms with Gasteiger partial charge in [0.1, 0.15) is 0 Å². The van der Waals surface area contributed by atoms with Crippen LogP contribution in [-0.2, 0) is 14.3 Å². The second kappa shape index (κ2) is 8.97. The second-order valence-electron chi connectivity index (χ2n) is 1.25.